The van der Waals surface area contributed by atoms with E-state index in [-0.39, 0.29) is 18.1 Å². The van der Waals surface area contributed by atoms with E-state index in [2.05, 4.69) is 15.5 Å². The Hall–Kier alpha value is -3.78. The number of hydroxylamine groups is 1. The predicted octanol–water partition coefficient (Wildman–Crippen LogP) is 3.50. The molecule has 0 spiro atoms. The van der Waals surface area contributed by atoms with Crippen molar-refractivity contribution < 1.29 is 19.6 Å². The standard InChI is InChI=1S/C25H24N4O4/c30-24(27-21-7-3-5-19(21)25(31)28-32)16-10-8-15(9-11-16)23-14-22(29-33-23)18-12-13-26-20-6-2-1-4-17(18)20/h1-2,4,6,8-13,19,21,23,32H,3,5,7,14H2,(H,27,30)(H,28,31). The van der Waals surface area contributed by atoms with Gasteiger partial charge in [-0.1, -0.05) is 41.9 Å². The molecule has 2 amide bonds. The smallest absolute Gasteiger partial charge is 0.251 e. The molecule has 1 aromatic heterocycles. The van der Waals surface area contributed by atoms with Crippen molar-refractivity contribution in [3.63, 3.8) is 0 Å². The summed E-state index contributed by atoms with van der Waals surface area (Å²) in [7, 11) is 0. The lowest BCUT2D eigenvalue weighted by atomic mass is 9.97. The molecule has 1 aliphatic carbocycles. The average molecular weight is 444 g/mol. The molecule has 2 aliphatic rings. The summed E-state index contributed by atoms with van der Waals surface area (Å²) in [5, 5.41) is 17.2. The van der Waals surface area contributed by atoms with E-state index in [1.807, 2.05) is 42.5 Å². The van der Waals surface area contributed by atoms with E-state index in [1.54, 1.807) is 23.8 Å². The van der Waals surface area contributed by atoms with Gasteiger partial charge in [-0.15, -0.1) is 0 Å². The molecule has 2 heterocycles. The molecule has 1 saturated carbocycles. The molecule has 3 unspecified atom stereocenters. The van der Waals surface area contributed by atoms with Gasteiger partial charge in [-0.05, 0) is 42.7 Å². The molecule has 0 radical (unpaired) electrons. The first kappa shape index (κ1) is 21.1. The third-order valence-corrected chi connectivity index (χ3v) is 6.45. The summed E-state index contributed by atoms with van der Waals surface area (Å²) in [6.45, 7) is 0. The summed E-state index contributed by atoms with van der Waals surface area (Å²) in [6.07, 6.45) is 4.36. The zero-order chi connectivity index (χ0) is 22.8. The quantitative estimate of drug-likeness (QED) is 0.412. The van der Waals surface area contributed by atoms with Crippen molar-refractivity contribution in [1.29, 1.82) is 0 Å². The number of carbonyl (C=O) groups is 2. The first-order valence-corrected chi connectivity index (χ1v) is 11.1. The molecule has 3 atom stereocenters. The topological polar surface area (TPSA) is 113 Å². The lowest BCUT2D eigenvalue weighted by Crippen LogP contribution is -2.43. The van der Waals surface area contributed by atoms with Gasteiger partial charge in [0.15, 0.2) is 6.10 Å². The van der Waals surface area contributed by atoms with Crippen LogP contribution >= 0.6 is 0 Å². The highest BCUT2D eigenvalue weighted by Gasteiger charge is 2.34. The third kappa shape index (κ3) is 4.17. The van der Waals surface area contributed by atoms with Crippen molar-refractivity contribution in [3.05, 3.63) is 77.5 Å². The number of benzene rings is 2. The SMILES string of the molecule is O=C(NC1CCCC1C(=O)NO)c1ccc(C2CC(c3ccnc4ccccc34)=NO2)cc1. The van der Waals surface area contributed by atoms with Crippen LogP contribution in [0, 0.1) is 5.92 Å². The maximum Gasteiger partial charge on any atom is 0.251 e. The predicted molar refractivity (Wildman–Crippen MR) is 122 cm³/mol. The summed E-state index contributed by atoms with van der Waals surface area (Å²) in [4.78, 5) is 34.6. The number of para-hydroxylation sites is 1. The molecule has 0 saturated heterocycles. The highest BCUT2D eigenvalue weighted by molar-refractivity contribution is 6.10. The monoisotopic (exact) mass is 444 g/mol. The Morgan fingerprint density at radius 1 is 1.03 bits per heavy atom. The second kappa shape index (κ2) is 8.99. The fourth-order valence-corrected chi connectivity index (χ4v) is 4.69. The van der Waals surface area contributed by atoms with Gasteiger partial charge in [0.2, 0.25) is 5.91 Å². The molecule has 33 heavy (non-hydrogen) atoms. The van der Waals surface area contributed by atoms with Gasteiger partial charge in [0.05, 0.1) is 17.1 Å². The molecular weight excluding hydrogens is 420 g/mol. The maximum absolute atomic E-state index is 12.7. The van der Waals surface area contributed by atoms with Crippen LogP contribution in [0.3, 0.4) is 0 Å². The fraction of sp³-hybridized carbons (Fsp3) is 0.280. The van der Waals surface area contributed by atoms with Crippen LogP contribution in [-0.4, -0.2) is 33.8 Å². The Balaban J connectivity index is 1.25. The van der Waals surface area contributed by atoms with Crippen LogP contribution < -0.4 is 10.8 Å². The van der Waals surface area contributed by atoms with E-state index in [4.69, 9.17) is 10.0 Å². The Morgan fingerprint density at radius 2 is 1.85 bits per heavy atom. The molecule has 5 rings (SSSR count). The van der Waals surface area contributed by atoms with Crippen LogP contribution in [-0.2, 0) is 9.63 Å². The number of fused-ring (bicyclic) bond motifs is 1. The number of hydrogen-bond donors (Lipinski definition) is 3. The van der Waals surface area contributed by atoms with Crippen molar-refractivity contribution in [2.75, 3.05) is 0 Å². The summed E-state index contributed by atoms with van der Waals surface area (Å²) in [6, 6.07) is 16.9. The van der Waals surface area contributed by atoms with Crippen LogP contribution in [0.4, 0.5) is 0 Å². The van der Waals surface area contributed by atoms with E-state index in [0.717, 1.165) is 34.2 Å². The van der Waals surface area contributed by atoms with Crippen molar-refractivity contribution in [3.8, 4) is 0 Å². The number of rotatable bonds is 5. The Bertz CT molecular complexity index is 1220. The normalized spacial score (nSPS) is 22.0. The third-order valence-electron chi connectivity index (χ3n) is 6.45. The number of pyridine rings is 1. The zero-order valence-electron chi connectivity index (χ0n) is 17.9. The lowest BCUT2D eigenvalue weighted by Gasteiger charge is -2.19. The van der Waals surface area contributed by atoms with Gasteiger partial charge in [-0.3, -0.25) is 19.8 Å². The van der Waals surface area contributed by atoms with Gasteiger partial charge >= 0.3 is 0 Å². The average Bonchev–Trinajstić information content (AvgIpc) is 3.53. The molecule has 3 N–H and O–H groups in total. The van der Waals surface area contributed by atoms with Gasteiger partial charge in [0.1, 0.15) is 0 Å². The van der Waals surface area contributed by atoms with E-state index in [0.29, 0.717) is 24.8 Å². The molecule has 8 nitrogen and oxygen atoms in total. The number of carbonyl (C=O) groups excluding carboxylic acids is 2. The van der Waals surface area contributed by atoms with E-state index in [9.17, 15) is 9.59 Å². The summed E-state index contributed by atoms with van der Waals surface area (Å²) in [5.41, 5.74) is 5.93. The number of aromatic nitrogens is 1. The van der Waals surface area contributed by atoms with Crippen molar-refractivity contribution in [2.45, 2.75) is 37.8 Å². The summed E-state index contributed by atoms with van der Waals surface area (Å²) < 4.78 is 0. The summed E-state index contributed by atoms with van der Waals surface area (Å²) >= 11 is 0. The molecule has 8 heteroatoms. The molecule has 2 aromatic carbocycles. The number of oxime groups is 1. The highest BCUT2D eigenvalue weighted by Crippen LogP contribution is 2.32. The molecular formula is C25H24N4O4. The van der Waals surface area contributed by atoms with Crippen LogP contribution in [0.1, 0.15) is 53.3 Å². The van der Waals surface area contributed by atoms with Crippen LogP contribution in [0.25, 0.3) is 10.9 Å². The van der Waals surface area contributed by atoms with Crippen LogP contribution in [0.15, 0.2) is 65.9 Å². The van der Waals surface area contributed by atoms with Gasteiger partial charge in [-0.2, -0.15) is 0 Å². The highest BCUT2D eigenvalue weighted by atomic mass is 16.6. The molecule has 1 fully saturated rings. The lowest BCUT2D eigenvalue weighted by molar-refractivity contribution is -0.133. The molecule has 168 valence electrons. The summed E-state index contributed by atoms with van der Waals surface area (Å²) in [5.74, 6) is -1.11. The van der Waals surface area contributed by atoms with Crippen LogP contribution in [0.5, 0.6) is 0 Å². The molecule has 1 aliphatic heterocycles. The number of amides is 2. The molecule has 3 aromatic rings. The minimum atomic E-state index is -0.454. The van der Waals surface area contributed by atoms with Crippen molar-refractivity contribution in [2.24, 2.45) is 11.1 Å². The fourth-order valence-electron chi connectivity index (χ4n) is 4.69. The number of hydrogen-bond acceptors (Lipinski definition) is 6. The van der Waals surface area contributed by atoms with E-state index >= 15 is 0 Å². The second-order valence-electron chi connectivity index (χ2n) is 8.43. The first-order chi connectivity index (χ1) is 16.1. The van der Waals surface area contributed by atoms with Crippen LogP contribution in [0.2, 0.25) is 0 Å². The largest absolute Gasteiger partial charge is 0.387 e. The van der Waals surface area contributed by atoms with Gasteiger partial charge < -0.3 is 10.2 Å². The minimum Gasteiger partial charge on any atom is -0.387 e. The van der Waals surface area contributed by atoms with Crippen molar-refractivity contribution in [1.82, 2.24) is 15.8 Å². The number of nitrogens with zero attached hydrogens (tertiary/aromatic N) is 2. The minimum absolute atomic E-state index is 0.225. The van der Waals surface area contributed by atoms with E-state index < -0.39 is 11.8 Å². The zero-order valence-corrected chi connectivity index (χ0v) is 17.9. The Labute approximate surface area is 190 Å². The first-order valence-electron chi connectivity index (χ1n) is 11.1. The van der Waals surface area contributed by atoms with Gasteiger partial charge in [0, 0.05) is 35.2 Å². The number of nitrogens with one attached hydrogen (secondary N) is 2. The van der Waals surface area contributed by atoms with Crippen molar-refractivity contribution >= 4 is 28.4 Å². The Kier molecular flexibility index (Phi) is 5.75. The molecule has 0 bridgehead atoms. The van der Waals surface area contributed by atoms with Gasteiger partial charge in [-0.25, -0.2) is 5.48 Å². The van der Waals surface area contributed by atoms with Gasteiger partial charge in [0.25, 0.3) is 5.91 Å². The van der Waals surface area contributed by atoms with E-state index in [1.165, 1.54) is 0 Å². The maximum atomic E-state index is 12.7. The Morgan fingerprint density at radius 3 is 2.67 bits per heavy atom. The second-order valence-corrected chi connectivity index (χ2v) is 8.43.